The highest BCUT2D eigenvalue weighted by Gasteiger charge is 2.25. The standard InChI is InChI=1S/C30H32FN3O2/c31-28-12-6-4-10-24(28)26(20-30(35)32-14-15-33-16-18-36-19-17-33)27-22-34(21-23-8-2-1-3-9-23)29-13-7-5-11-25(27)29/h1-13,22,26H,14-21H2,(H,32,35)/t26-/m1/s1. The van der Waals surface area contributed by atoms with E-state index in [1.54, 1.807) is 12.1 Å². The van der Waals surface area contributed by atoms with Crippen molar-refractivity contribution in [1.82, 2.24) is 14.8 Å². The Morgan fingerprint density at radius 3 is 2.44 bits per heavy atom. The van der Waals surface area contributed by atoms with Gasteiger partial charge < -0.3 is 14.6 Å². The van der Waals surface area contributed by atoms with Gasteiger partial charge in [0.1, 0.15) is 5.82 Å². The fraction of sp³-hybridized carbons (Fsp3) is 0.300. The third-order valence-corrected chi connectivity index (χ3v) is 6.91. The number of nitrogens with zero attached hydrogens (tertiary/aromatic N) is 2. The molecule has 1 atom stereocenters. The minimum absolute atomic E-state index is 0.0728. The predicted molar refractivity (Wildman–Crippen MR) is 141 cm³/mol. The molecule has 4 aromatic rings. The van der Waals surface area contributed by atoms with Crippen molar-refractivity contribution in [3.8, 4) is 0 Å². The number of hydrogen-bond donors (Lipinski definition) is 1. The van der Waals surface area contributed by atoms with Gasteiger partial charge in [0.05, 0.1) is 13.2 Å². The lowest BCUT2D eigenvalue weighted by Crippen LogP contribution is -2.41. The van der Waals surface area contributed by atoms with E-state index in [1.165, 1.54) is 11.6 Å². The summed E-state index contributed by atoms with van der Waals surface area (Å²) in [7, 11) is 0. The molecule has 0 spiro atoms. The van der Waals surface area contributed by atoms with Gasteiger partial charge in [0.25, 0.3) is 0 Å². The highest BCUT2D eigenvalue weighted by Crippen LogP contribution is 2.36. The maximum Gasteiger partial charge on any atom is 0.220 e. The Kier molecular flexibility index (Phi) is 7.74. The molecule has 1 N–H and O–H groups in total. The van der Waals surface area contributed by atoms with Gasteiger partial charge in [-0.05, 0) is 28.8 Å². The van der Waals surface area contributed by atoms with Crippen LogP contribution >= 0.6 is 0 Å². The molecule has 6 heteroatoms. The van der Waals surface area contributed by atoms with Gasteiger partial charge in [-0.1, -0.05) is 66.7 Å². The molecular weight excluding hydrogens is 453 g/mol. The number of nitrogens with one attached hydrogen (secondary N) is 1. The van der Waals surface area contributed by atoms with E-state index in [-0.39, 0.29) is 18.1 Å². The molecule has 1 aromatic heterocycles. The van der Waals surface area contributed by atoms with Crippen LogP contribution in [0, 0.1) is 5.82 Å². The monoisotopic (exact) mass is 485 g/mol. The molecule has 1 amide bonds. The fourth-order valence-corrected chi connectivity index (χ4v) is 5.04. The number of hydrogen-bond acceptors (Lipinski definition) is 3. The average molecular weight is 486 g/mol. The third-order valence-electron chi connectivity index (χ3n) is 6.91. The van der Waals surface area contributed by atoms with Crippen molar-refractivity contribution in [2.24, 2.45) is 0 Å². The van der Waals surface area contributed by atoms with E-state index in [9.17, 15) is 4.79 Å². The van der Waals surface area contributed by atoms with Crippen molar-refractivity contribution in [3.63, 3.8) is 0 Å². The SMILES string of the molecule is O=C(C[C@H](c1ccccc1F)c1cn(Cc2ccccc2)c2ccccc12)NCCN1CCOCC1. The van der Waals surface area contributed by atoms with Crippen LogP contribution in [-0.4, -0.2) is 54.8 Å². The highest BCUT2D eigenvalue weighted by molar-refractivity contribution is 5.86. The number of ether oxygens (including phenoxy) is 1. The molecule has 186 valence electrons. The topological polar surface area (TPSA) is 46.5 Å². The second kappa shape index (κ2) is 11.5. The fourth-order valence-electron chi connectivity index (χ4n) is 5.04. The summed E-state index contributed by atoms with van der Waals surface area (Å²) in [6, 6.07) is 25.2. The smallest absolute Gasteiger partial charge is 0.220 e. The predicted octanol–water partition coefficient (Wildman–Crippen LogP) is 4.80. The van der Waals surface area contributed by atoms with E-state index in [4.69, 9.17) is 4.74 Å². The van der Waals surface area contributed by atoms with Crippen molar-refractivity contribution in [1.29, 1.82) is 0 Å². The summed E-state index contributed by atoms with van der Waals surface area (Å²) < 4.78 is 22.7. The van der Waals surface area contributed by atoms with Crippen molar-refractivity contribution in [2.45, 2.75) is 18.9 Å². The molecule has 1 aliphatic rings. The molecule has 0 radical (unpaired) electrons. The maximum absolute atomic E-state index is 15.1. The zero-order valence-corrected chi connectivity index (χ0v) is 20.4. The number of benzene rings is 3. The molecule has 1 aliphatic heterocycles. The molecule has 0 unspecified atom stereocenters. The Morgan fingerprint density at radius 1 is 0.917 bits per heavy atom. The van der Waals surface area contributed by atoms with E-state index in [1.807, 2.05) is 36.4 Å². The molecule has 2 heterocycles. The van der Waals surface area contributed by atoms with Crippen LogP contribution in [0.2, 0.25) is 0 Å². The Hall–Kier alpha value is -3.48. The van der Waals surface area contributed by atoms with Gasteiger partial charge in [0.15, 0.2) is 0 Å². The largest absolute Gasteiger partial charge is 0.379 e. The molecule has 0 aliphatic carbocycles. The van der Waals surface area contributed by atoms with Crippen LogP contribution in [0.4, 0.5) is 4.39 Å². The van der Waals surface area contributed by atoms with Crippen LogP contribution in [0.25, 0.3) is 10.9 Å². The zero-order chi connectivity index (χ0) is 24.7. The van der Waals surface area contributed by atoms with Crippen LogP contribution in [0.5, 0.6) is 0 Å². The first-order valence-electron chi connectivity index (χ1n) is 12.6. The maximum atomic E-state index is 15.1. The number of aromatic nitrogens is 1. The van der Waals surface area contributed by atoms with Crippen LogP contribution in [0.1, 0.15) is 29.0 Å². The lowest BCUT2D eigenvalue weighted by atomic mass is 9.87. The minimum atomic E-state index is -0.392. The Labute approximate surface area is 211 Å². The number of morpholine rings is 1. The molecule has 0 bridgehead atoms. The summed E-state index contributed by atoms with van der Waals surface area (Å²) in [5.74, 6) is -0.753. The summed E-state index contributed by atoms with van der Waals surface area (Å²) in [6.07, 6.45) is 2.28. The summed E-state index contributed by atoms with van der Waals surface area (Å²) in [6.45, 7) is 5.29. The molecule has 1 fully saturated rings. The van der Waals surface area contributed by atoms with Crippen LogP contribution in [0.3, 0.4) is 0 Å². The summed E-state index contributed by atoms with van der Waals surface area (Å²) in [5, 5.41) is 4.11. The van der Waals surface area contributed by atoms with Crippen molar-refractivity contribution in [2.75, 3.05) is 39.4 Å². The van der Waals surface area contributed by atoms with Crippen LogP contribution in [0.15, 0.2) is 85.1 Å². The Bertz CT molecular complexity index is 1300. The van der Waals surface area contributed by atoms with E-state index in [2.05, 4.69) is 45.2 Å². The van der Waals surface area contributed by atoms with E-state index in [0.717, 1.165) is 49.3 Å². The lowest BCUT2D eigenvalue weighted by molar-refractivity contribution is -0.121. The van der Waals surface area contributed by atoms with Gasteiger partial charge in [0, 0.05) is 62.2 Å². The van der Waals surface area contributed by atoms with E-state index < -0.39 is 5.92 Å². The second-order valence-corrected chi connectivity index (χ2v) is 9.30. The lowest BCUT2D eigenvalue weighted by Gasteiger charge is -2.26. The summed E-state index contributed by atoms with van der Waals surface area (Å²) in [4.78, 5) is 15.4. The summed E-state index contributed by atoms with van der Waals surface area (Å²) >= 11 is 0. The molecule has 0 saturated carbocycles. The Balaban J connectivity index is 1.42. The van der Waals surface area contributed by atoms with Gasteiger partial charge in [0.2, 0.25) is 5.91 Å². The Morgan fingerprint density at radius 2 is 1.64 bits per heavy atom. The third kappa shape index (κ3) is 5.66. The van der Waals surface area contributed by atoms with Gasteiger partial charge in [-0.2, -0.15) is 0 Å². The minimum Gasteiger partial charge on any atom is -0.379 e. The van der Waals surface area contributed by atoms with Gasteiger partial charge in [-0.25, -0.2) is 4.39 Å². The number of fused-ring (bicyclic) bond motifs is 1. The van der Waals surface area contributed by atoms with Gasteiger partial charge in [-0.3, -0.25) is 9.69 Å². The van der Waals surface area contributed by atoms with Crippen molar-refractivity contribution < 1.29 is 13.9 Å². The first-order chi connectivity index (χ1) is 17.7. The quantitative estimate of drug-likeness (QED) is 0.371. The molecule has 5 rings (SSSR count). The second-order valence-electron chi connectivity index (χ2n) is 9.30. The van der Waals surface area contributed by atoms with Crippen LogP contribution < -0.4 is 5.32 Å². The number of rotatable bonds is 9. The first kappa shape index (κ1) is 24.2. The molecule has 5 nitrogen and oxygen atoms in total. The molecular formula is C30H32FN3O2. The highest BCUT2D eigenvalue weighted by atomic mass is 19.1. The molecule has 36 heavy (non-hydrogen) atoms. The number of halogens is 1. The number of amides is 1. The zero-order valence-electron chi connectivity index (χ0n) is 20.4. The van der Waals surface area contributed by atoms with Crippen molar-refractivity contribution >= 4 is 16.8 Å². The molecule has 3 aromatic carbocycles. The van der Waals surface area contributed by atoms with E-state index in [0.29, 0.717) is 18.7 Å². The van der Waals surface area contributed by atoms with Crippen LogP contribution in [-0.2, 0) is 16.1 Å². The number of para-hydroxylation sites is 1. The van der Waals surface area contributed by atoms with Gasteiger partial charge >= 0.3 is 0 Å². The van der Waals surface area contributed by atoms with Gasteiger partial charge in [-0.15, -0.1) is 0 Å². The summed E-state index contributed by atoms with van der Waals surface area (Å²) in [5.41, 5.74) is 3.77. The number of carbonyl (C=O) groups excluding carboxylic acids is 1. The van der Waals surface area contributed by atoms with E-state index >= 15 is 4.39 Å². The normalized spacial score (nSPS) is 15.1. The molecule has 1 saturated heterocycles. The average Bonchev–Trinajstić information content (AvgIpc) is 3.27. The number of carbonyl (C=O) groups is 1. The first-order valence-corrected chi connectivity index (χ1v) is 12.6. The van der Waals surface area contributed by atoms with Crippen molar-refractivity contribution in [3.05, 3.63) is 108 Å².